The first-order valence-corrected chi connectivity index (χ1v) is 7.30. The van der Waals surface area contributed by atoms with E-state index in [1.54, 1.807) is 18.2 Å². The van der Waals surface area contributed by atoms with E-state index in [9.17, 15) is 14.7 Å². The minimum absolute atomic E-state index is 0.0394. The molecular weight excluding hydrogens is 324 g/mol. The molecule has 0 aliphatic carbocycles. The van der Waals surface area contributed by atoms with E-state index in [0.717, 1.165) is 12.8 Å². The van der Waals surface area contributed by atoms with E-state index in [2.05, 4.69) is 15.9 Å². The fourth-order valence-corrected chi connectivity index (χ4v) is 3.00. The third-order valence-electron chi connectivity index (χ3n) is 3.69. The predicted octanol–water partition coefficient (Wildman–Crippen LogP) is 2.36. The summed E-state index contributed by atoms with van der Waals surface area (Å²) in [5.74, 6) is -1.24. The Morgan fingerprint density at radius 2 is 2.15 bits per heavy atom. The molecule has 1 aromatic carbocycles. The van der Waals surface area contributed by atoms with Crippen molar-refractivity contribution in [2.75, 3.05) is 12.3 Å². The van der Waals surface area contributed by atoms with Crippen LogP contribution in [0.15, 0.2) is 22.7 Å². The second kappa shape index (κ2) is 5.83. The fraction of sp³-hybridized carbons (Fsp3) is 0.429. The van der Waals surface area contributed by atoms with E-state index in [4.69, 9.17) is 5.73 Å². The van der Waals surface area contributed by atoms with Crippen molar-refractivity contribution < 1.29 is 14.7 Å². The Kier molecular flexibility index (Phi) is 4.32. The van der Waals surface area contributed by atoms with Gasteiger partial charge >= 0.3 is 5.97 Å². The van der Waals surface area contributed by atoms with Crippen LogP contribution in [-0.2, 0) is 4.79 Å². The number of carbonyl (C=O) groups excluding carboxylic acids is 1. The lowest BCUT2D eigenvalue weighted by atomic mass is 9.90. The number of piperidine rings is 1. The van der Waals surface area contributed by atoms with Crippen LogP contribution in [0.25, 0.3) is 0 Å². The van der Waals surface area contributed by atoms with Crippen LogP contribution in [0.4, 0.5) is 5.69 Å². The molecule has 2 unspecified atom stereocenters. The summed E-state index contributed by atoms with van der Waals surface area (Å²) >= 11 is 3.28. The maximum absolute atomic E-state index is 12.5. The zero-order chi connectivity index (χ0) is 14.9. The number of likely N-dealkylation sites (tertiary alicyclic amines) is 1. The van der Waals surface area contributed by atoms with Crippen LogP contribution in [0, 0.1) is 5.92 Å². The van der Waals surface area contributed by atoms with E-state index in [-0.39, 0.29) is 11.8 Å². The number of nitrogens with two attached hydrogens (primary N) is 1. The normalized spacial score (nSPS) is 22.6. The number of benzene rings is 1. The van der Waals surface area contributed by atoms with E-state index >= 15 is 0 Å². The van der Waals surface area contributed by atoms with Gasteiger partial charge in [0.25, 0.3) is 5.91 Å². The highest BCUT2D eigenvalue weighted by molar-refractivity contribution is 9.10. The quantitative estimate of drug-likeness (QED) is 0.809. The van der Waals surface area contributed by atoms with E-state index < -0.39 is 12.0 Å². The second-order valence-corrected chi connectivity index (χ2v) is 5.99. The zero-order valence-corrected chi connectivity index (χ0v) is 12.8. The van der Waals surface area contributed by atoms with Crippen molar-refractivity contribution in [3.8, 4) is 0 Å². The van der Waals surface area contributed by atoms with Crippen LogP contribution >= 0.6 is 15.9 Å². The molecule has 1 aliphatic heterocycles. The van der Waals surface area contributed by atoms with Gasteiger partial charge in [-0.1, -0.05) is 6.92 Å². The van der Waals surface area contributed by atoms with E-state index in [1.165, 1.54) is 4.90 Å². The molecule has 0 radical (unpaired) electrons. The number of aliphatic carboxylic acids is 1. The van der Waals surface area contributed by atoms with Crippen LogP contribution in [0.3, 0.4) is 0 Å². The average Bonchev–Trinajstić information content (AvgIpc) is 2.40. The number of hydrogen-bond acceptors (Lipinski definition) is 3. The van der Waals surface area contributed by atoms with Crippen molar-refractivity contribution in [1.29, 1.82) is 0 Å². The van der Waals surface area contributed by atoms with Gasteiger partial charge in [-0.15, -0.1) is 0 Å². The minimum Gasteiger partial charge on any atom is -0.480 e. The van der Waals surface area contributed by atoms with Crippen molar-refractivity contribution in [1.82, 2.24) is 4.90 Å². The largest absolute Gasteiger partial charge is 0.480 e. The number of nitrogen functional groups attached to an aromatic ring is 1. The molecule has 1 aromatic rings. The standard InChI is InChI=1S/C14H17BrN2O3/c1-8-3-2-6-17(12(8)14(19)20)13(18)9-4-5-11(16)10(15)7-9/h4-5,7-8,12H,2-3,6,16H2,1H3,(H,19,20). The number of halogens is 1. The number of carboxylic acid groups (broad SMARTS) is 1. The van der Waals surface area contributed by atoms with Crippen LogP contribution in [0.1, 0.15) is 30.1 Å². The van der Waals surface area contributed by atoms with Gasteiger partial charge in [0, 0.05) is 22.3 Å². The smallest absolute Gasteiger partial charge is 0.326 e. The molecule has 20 heavy (non-hydrogen) atoms. The summed E-state index contributed by atoms with van der Waals surface area (Å²) in [6, 6.07) is 4.14. The molecule has 6 heteroatoms. The van der Waals surface area contributed by atoms with Crippen molar-refractivity contribution in [2.45, 2.75) is 25.8 Å². The maximum Gasteiger partial charge on any atom is 0.326 e. The number of carboxylic acids is 1. The first-order chi connectivity index (χ1) is 9.41. The van der Waals surface area contributed by atoms with Gasteiger partial charge in [0.15, 0.2) is 0 Å². The minimum atomic E-state index is -0.944. The Morgan fingerprint density at radius 1 is 1.45 bits per heavy atom. The Hall–Kier alpha value is -1.56. The van der Waals surface area contributed by atoms with Gasteiger partial charge in [-0.2, -0.15) is 0 Å². The summed E-state index contributed by atoms with van der Waals surface area (Å²) in [5, 5.41) is 9.35. The van der Waals surface area contributed by atoms with E-state index in [1.807, 2.05) is 6.92 Å². The third-order valence-corrected chi connectivity index (χ3v) is 4.38. The van der Waals surface area contributed by atoms with Gasteiger partial charge < -0.3 is 15.7 Å². The molecule has 2 rings (SSSR count). The fourth-order valence-electron chi connectivity index (χ4n) is 2.62. The first-order valence-electron chi connectivity index (χ1n) is 6.50. The molecule has 1 aliphatic rings. The maximum atomic E-state index is 12.5. The van der Waals surface area contributed by atoms with Crippen LogP contribution in [-0.4, -0.2) is 34.5 Å². The van der Waals surface area contributed by atoms with Crippen LogP contribution < -0.4 is 5.73 Å². The second-order valence-electron chi connectivity index (χ2n) is 5.14. The van der Waals surface area contributed by atoms with E-state index in [0.29, 0.717) is 22.3 Å². The van der Waals surface area contributed by atoms with Crippen molar-refractivity contribution in [3.63, 3.8) is 0 Å². The number of amides is 1. The molecule has 2 atom stereocenters. The molecule has 0 saturated carbocycles. The Morgan fingerprint density at radius 3 is 2.75 bits per heavy atom. The molecule has 5 nitrogen and oxygen atoms in total. The average molecular weight is 341 g/mol. The number of anilines is 1. The highest BCUT2D eigenvalue weighted by Crippen LogP contribution is 2.27. The SMILES string of the molecule is CC1CCCN(C(=O)c2ccc(N)c(Br)c2)C1C(=O)O. The number of carbonyl (C=O) groups is 2. The highest BCUT2D eigenvalue weighted by atomic mass is 79.9. The third kappa shape index (κ3) is 2.80. The summed E-state index contributed by atoms with van der Waals surface area (Å²) < 4.78 is 0.639. The summed E-state index contributed by atoms with van der Waals surface area (Å²) in [7, 11) is 0. The summed E-state index contributed by atoms with van der Waals surface area (Å²) in [4.78, 5) is 25.4. The number of hydrogen-bond donors (Lipinski definition) is 2. The van der Waals surface area contributed by atoms with Crippen molar-refractivity contribution in [3.05, 3.63) is 28.2 Å². The Bertz CT molecular complexity index is 547. The molecule has 1 heterocycles. The molecular formula is C14H17BrN2O3. The summed E-state index contributed by atoms with van der Waals surface area (Å²) in [6.07, 6.45) is 1.65. The van der Waals surface area contributed by atoms with Gasteiger partial charge in [0.1, 0.15) is 6.04 Å². The summed E-state index contributed by atoms with van der Waals surface area (Å²) in [5.41, 5.74) is 6.69. The molecule has 1 fully saturated rings. The first kappa shape index (κ1) is 14.8. The lowest BCUT2D eigenvalue weighted by Crippen LogP contribution is -2.51. The van der Waals surface area contributed by atoms with Gasteiger partial charge in [0.2, 0.25) is 0 Å². The van der Waals surface area contributed by atoms with Crippen LogP contribution in [0.5, 0.6) is 0 Å². The van der Waals surface area contributed by atoms with Crippen molar-refractivity contribution in [2.24, 2.45) is 5.92 Å². The molecule has 1 amide bonds. The Balaban J connectivity index is 2.30. The van der Waals surface area contributed by atoms with Gasteiger partial charge in [-0.05, 0) is 52.9 Å². The molecule has 108 valence electrons. The lowest BCUT2D eigenvalue weighted by Gasteiger charge is -2.37. The Labute approximate surface area is 125 Å². The lowest BCUT2D eigenvalue weighted by molar-refractivity contribution is -0.145. The molecule has 0 bridgehead atoms. The molecule has 0 aromatic heterocycles. The molecule has 1 saturated heterocycles. The molecule has 0 spiro atoms. The molecule has 3 N–H and O–H groups in total. The van der Waals surface area contributed by atoms with Crippen LogP contribution in [0.2, 0.25) is 0 Å². The van der Waals surface area contributed by atoms with Gasteiger partial charge in [0.05, 0.1) is 0 Å². The van der Waals surface area contributed by atoms with Gasteiger partial charge in [-0.3, -0.25) is 4.79 Å². The zero-order valence-electron chi connectivity index (χ0n) is 11.2. The highest BCUT2D eigenvalue weighted by Gasteiger charge is 2.37. The number of nitrogens with zero attached hydrogens (tertiary/aromatic N) is 1. The van der Waals surface area contributed by atoms with Gasteiger partial charge in [-0.25, -0.2) is 4.79 Å². The summed E-state index contributed by atoms with van der Waals surface area (Å²) in [6.45, 7) is 2.35. The monoisotopic (exact) mass is 340 g/mol. The van der Waals surface area contributed by atoms with Crippen molar-refractivity contribution >= 4 is 33.5 Å². The topological polar surface area (TPSA) is 83.6 Å². The number of rotatable bonds is 2. The predicted molar refractivity (Wildman–Crippen MR) is 79.4 cm³/mol.